The fourth-order valence-electron chi connectivity index (χ4n) is 0. The zero-order valence-electron chi connectivity index (χ0n) is 11.3. The first-order valence-electron chi connectivity index (χ1n) is 5.08. The third-order valence-corrected chi connectivity index (χ3v) is 0.349. The standard InChI is InChI=1S/2C3H4O2.2C3H8O/c2*1-2-3(4)5;2*1-3(2)4/h2*2H,1H2,(H,4,5);2*3-4H,1-2H3. The van der Waals surface area contributed by atoms with Crippen molar-refractivity contribution in [2.24, 2.45) is 0 Å². The van der Waals surface area contributed by atoms with Crippen LogP contribution in [0.5, 0.6) is 0 Å². The van der Waals surface area contributed by atoms with E-state index in [-0.39, 0.29) is 12.2 Å². The summed E-state index contributed by atoms with van der Waals surface area (Å²) in [6, 6.07) is 0. The van der Waals surface area contributed by atoms with Gasteiger partial charge in [-0.2, -0.15) is 0 Å². The average molecular weight is 264 g/mol. The predicted octanol–water partition coefficient (Wildman–Crippen LogP) is 1.29. The highest BCUT2D eigenvalue weighted by molar-refractivity contribution is 5.79. The van der Waals surface area contributed by atoms with Gasteiger partial charge in [0.15, 0.2) is 0 Å². The van der Waals surface area contributed by atoms with Crippen molar-refractivity contribution in [2.75, 3.05) is 0 Å². The molecule has 0 fully saturated rings. The normalized spacial score (nSPS) is 7.56. The molecule has 0 aromatic rings. The molecule has 0 rings (SSSR count). The maximum atomic E-state index is 9.25. The molecule has 18 heavy (non-hydrogen) atoms. The summed E-state index contributed by atoms with van der Waals surface area (Å²) >= 11 is 0. The molecular weight excluding hydrogens is 240 g/mol. The monoisotopic (exact) mass is 264 g/mol. The molecule has 0 saturated heterocycles. The number of carbonyl (C=O) groups is 2. The maximum absolute atomic E-state index is 9.25. The smallest absolute Gasteiger partial charge is 0.327 e. The minimum absolute atomic E-state index is 0.167. The number of aliphatic hydroxyl groups is 2. The Balaban J connectivity index is -0.0000000731. The summed E-state index contributed by atoms with van der Waals surface area (Å²) in [5.74, 6) is -1.96. The van der Waals surface area contributed by atoms with Crippen LogP contribution < -0.4 is 0 Å². The van der Waals surface area contributed by atoms with Gasteiger partial charge in [-0.15, -0.1) is 0 Å². The average Bonchev–Trinajstić information content (AvgIpc) is 2.16. The number of hydrogen-bond acceptors (Lipinski definition) is 4. The van der Waals surface area contributed by atoms with E-state index in [0.717, 1.165) is 12.2 Å². The number of carboxylic acids is 2. The van der Waals surface area contributed by atoms with Gasteiger partial charge >= 0.3 is 11.9 Å². The van der Waals surface area contributed by atoms with Crippen molar-refractivity contribution in [3.63, 3.8) is 0 Å². The van der Waals surface area contributed by atoms with Gasteiger partial charge in [0.25, 0.3) is 0 Å². The number of carboxylic acid groups (broad SMARTS) is 2. The summed E-state index contributed by atoms with van der Waals surface area (Å²) in [5.41, 5.74) is 0. The Hall–Kier alpha value is -1.66. The molecule has 108 valence electrons. The van der Waals surface area contributed by atoms with Gasteiger partial charge in [0.05, 0.1) is 0 Å². The zero-order chi connectivity index (χ0) is 15.7. The van der Waals surface area contributed by atoms with E-state index in [1.165, 1.54) is 0 Å². The van der Waals surface area contributed by atoms with Gasteiger partial charge in [-0.1, -0.05) is 13.2 Å². The quantitative estimate of drug-likeness (QED) is 0.559. The molecule has 0 unspecified atom stereocenters. The van der Waals surface area contributed by atoms with Gasteiger partial charge in [-0.25, -0.2) is 9.59 Å². The van der Waals surface area contributed by atoms with Crippen LogP contribution in [-0.2, 0) is 9.59 Å². The van der Waals surface area contributed by atoms with Crippen LogP contribution in [0.15, 0.2) is 25.3 Å². The number of aliphatic hydroxyl groups excluding tert-OH is 2. The highest BCUT2D eigenvalue weighted by Gasteiger charge is 1.74. The molecule has 0 aliphatic carbocycles. The fraction of sp³-hybridized carbons (Fsp3) is 0.500. The summed E-state index contributed by atoms with van der Waals surface area (Å²) in [5, 5.41) is 31.3. The van der Waals surface area contributed by atoms with Crippen molar-refractivity contribution in [3.8, 4) is 0 Å². The second-order valence-electron chi connectivity index (χ2n) is 3.27. The lowest BCUT2D eigenvalue weighted by Crippen LogP contribution is -1.85. The van der Waals surface area contributed by atoms with Crippen LogP contribution in [0.3, 0.4) is 0 Å². The molecule has 0 radical (unpaired) electrons. The van der Waals surface area contributed by atoms with Crippen LogP contribution in [-0.4, -0.2) is 44.6 Å². The van der Waals surface area contributed by atoms with Gasteiger partial charge in [-0.05, 0) is 27.7 Å². The van der Waals surface area contributed by atoms with E-state index < -0.39 is 11.9 Å². The molecule has 0 aromatic heterocycles. The van der Waals surface area contributed by atoms with E-state index in [0.29, 0.717) is 0 Å². The fourth-order valence-corrected chi connectivity index (χ4v) is 0. The first-order valence-corrected chi connectivity index (χ1v) is 5.08. The molecular formula is C12H24O6. The minimum Gasteiger partial charge on any atom is -0.478 e. The summed E-state index contributed by atoms with van der Waals surface area (Å²) in [4.78, 5) is 18.5. The summed E-state index contributed by atoms with van der Waals surface area (Å²) in [7, 11) is 0. The van der Waals surface area contributed by atoms with E-state index in [1.807, 2.05) is 0 Å². The van der Waals surface area contributed by atoms with Gasteiger partial charge in [-0.3, -0.25) is 0 Å². The molecule has 0 aliphatic rings. The van der Waals surface area contributed by atoms with E-state index in [1.54, 1.807) is 27.7 Å². The molecule has 0 aliphatic heterocycles. The zero-order valence-corrected chi connectivity index (χ0v) is 11.3. The highest BCUT2D eigenvalue weighted by Crippen LogP contribution is 1.65. The summed E-state index contributed by atoms with van der Waals surface area (Å²) in [6.45, 7) is 12.8. The first-order chi connectivity index (χ1) is 8.00. The first kappa shape index (κ1) is 25.3. The Morgan fingerprint density at radius 1 is 0.833 bits per heavy atom. The van der Waals surface area contributed by atoms with E-state index in [2.05, 4.69) is 13.2 Å². The van der Waals surface area contributed by atoms with Gasteiger partial charge in [0.1, 0.15) is 0 Å². The van der Waals surface area contributed by atoms with Crippen LogP contribution in [0.25, 0.3) is 0 Å². The lowest BCUT2D eigenvalue weighted by Gasteiger charge is -1.80. The summed E-state index contributed by atoms with van der Waals surface area (Å²) in [6.07, 6.45) is 1.33. The van der Waals surface area contributed by atoms with Gasteiger partial charge < -0.3 is 20.4 Å². The van der Waals surface area contributed by atoms with Crippen molar-refractivity contribution >= 4 is 11.9 Å². The Morgan fingerprint density at radius 3 is 0.889 bits per heavy atom. The molecule has 4 N–H and O–H groups in total. The molecule has 0 bridgehead atoms. The lowest BCUT2D eigenvalue weighted by atomic mass is 10.5. The Labute approximate surface area is 108 Å². The van der Waals surface area contributed by atoms with Crippen LogP contribution >= 0.6 is 0 Å². The largest absolute Gasteiger partial charge is 0.478 e. The van der Waals surface area contributed by atoms with E-state index in [4.69, 9.17) is 20.4 Å². The summed E-state index contributed by atoms with van der Waals surface area (Å²) < 4.78 is 0. The second kappa shape index (κ2) is 20.7. The Morgan fingerprint density at radius 2 is 0.889 bits per heavy atom. The van der Waals surface area contributed by atoms with Gasteiger partial charge in [0, 0.05) is 24.4 Å². The van der Waals surface area contributed by atoms with Crippen molar-refractivity contribution in [1.82, 2.24) is 0 Å². The van der Waals surface area contributed by atoms with Gasteiger partial charge in [0.2, 0.25) is 0 Å². The second-order valence-corrected chi connectivity index (χ2v) is 3.27. The lowest BCUT2D eigenvalue weighted by molar-refractivity contribution is -0.132. The van der Waals surface area contributed by atoms with Crippen LogP contribution in [0.1, 0.15) is 27.7 Å². The molecule has 0 atom stereocenters. The van der Waals surface area contributed by atoms with Crippen molar-refractivity contribution in [3.05, 3.63) is 25.3 Å². The number of hydrogen-bond donors (Lipinski definition) is 4. The number of rotatable bonds is 2. The molecule has 0 amide bonds. The van der Waals surface area contributed by atoms with Crippen molar-refractivity contribution in [2.45, 2.75) is 39.9 Å². The SMILES string of the molecule is C=CC(=O)O.C=CC(=O)O.CC(C)O.CC(C)O. The Kier molecular flexibility index (Phi) is 29.1. The molecule has 0 spiro atoms. The Bertz CT molecular complexity index is 191. The van der Waals surface area contributed by atoms with Crippen LogP contribution in [0.4, 0.5) is 0 Å². The van der Waals surface area contributed by atoms with Crippen LogP contribution in [0, 0.1) is 0 Å². The van der Waals surface area contributed by atoms with Crippen LogP contribution in [0.2, 0.25) is 0 Å². The molecule has 0 heterocycles. The van der Waals surface area contributed by atoms with Crippen molar-refractivity contribution < 1.29 is 30.0 Å². The topological polar surface area (TPSA) is 115 Å². The van der Waals surface area contributed by atoms with Crippen molar-refractivity contribution in [1.29, 1.82) is 0 Å². The molecule has 6 heteroatoms. The minimum atomic E-state index is -0.981. The third-order valence-electron chi connectivity index (χ3n) is 0.349. The molecule has 0 saturated carbocycles. The van der Waals surface area contributed by atoms with E-state index >= 15 is 0 Å². The predicted molar refractivity (Wildman–Crippen MR) is 70.4 cm³/mol. The number of aliphatic carboxylic acids is 2. The highest BCUT2D eigenvalue weighted by atomic mass is 16.4. The maximum Gasteiger partial charge on any atom is 0.327 e. The molecule has 6 nitrogen and oxygen atoms in total. The molecule has 0 aromatic carbocycles. The third kappa shape index (κ3) is 466. The van der Waals surface area contributed by atoms with E-state index in [9.17, 15) is 9.59 Å².